The second kappa shape index (κ2) is 7.31. The fraction of sp³-hybridized carbons (Fsp3) is 0.947. The molecule has 23 heavy (non-hydrogen) atoms. The molecule has 0 aromatic carbocycles. The molecule has 1 aliphatic heterocycles. The summed E-state index contributed by atoms with van der Waals surface area (Å²) in [5, 5.41) is 3.31. The molecule has 0 atom stereocenters. The van der Waals surface area contributed by atoms with E-state index in [0.29, 0.717) is 5.91 Å². The van der Waals surface area contributed by atoms with Crippen LogP contribution in [-0.4, -0.2) is 37.0 Å². The fourth-order valence-corrected chi connectivity index (χ4v) is 6.24. The van der Waals surface area contributed by atoms with E-state index in [4.69, 9.17) is 0 Å². The number of amides is 1. The van der Waals surface area contributed by atoms with Gasteiger partial charge in [-0.1, -0.05) is 0 Å². The Labute approximate surface area is 147 Å². The van der Waals surface area contributed by atoms with E-state index in [-0.39, 0.29) is 17.8 Å². The van der Waals surface area contributed by atoms with Crippen molar-refractivity contribution in [2.75, 3.05) is 26.2 Å². The van der Waals surface area contributed by atoms with Crippen molar-refractivity contribution in [1.29, 1.82) is 0 Å². The van der Waals surface area contributed by atoms with Crippen molar-refractivity contribution in [1.82, 2.24) is 10.2 Å². The molecule has 5 aliphatic rings. The fourth-order valence-electron chi connectivity index (χ4n) is 6.24. The number of nitrogens with one attached hydrogen (secondary N) is 1. The average molecular weight is 341 g/mol. The largest absolute Gasteiger partial charge is 0.356 e. The monoisotopic (exact) mass is 340 g/mol. The zero-order valence-electron chi connectivity index (χ0n) is 14.4. The van der Waals surface area contributed by atoms with E-state index in [2.05, 4.69) is 10.2 Å². The predicted molar refractivity (Wildman–Crippen MR) is 95.8 cm³/mol. The minimum absolute atomic E-state index is 0. The lowest BCUT2D eigenvalue weighted by atomic mass is 9.49. The summed E-state index contributed by atoms with van der Waals surface area (Å²) < 4.78 is 0. The minimum Gasteiger partial charge on any atom is -0.356 e. The molecule has 1 N–H and O–H groups in total. The molecule has 0 unspecified atom stereocenters. The molecule has 3 nitrogen and oxygen atoms in total. The highest BCUT2D eigenvalue weighted by Gasteiger charge is 2.54. The summed E-state index contributed by atoms with van der Waals surface area (Å²) in [6, 6.07) is 0. The summed E-state index contributed by atoms with van der Waals surface area (Å²) >= 11 is 0. The molecule has 5 fully saturated rings. The minimum atomic E-state index is 0. The van der Waals surface area contributed by atoms with E-state index >= 15 is 0 Å². The van der Waals surface area contributed by atoms with Gasteiger partial charge in [-0.15, -0.1) is 12.4 Å². The number of hydrogen-bond acceptors (Lipinski definition) is 2. The summed E-state index contributed by atoms with van der Waals surface area (Å²) in [5.74, 6) is 3.01. The van der Waals surface area contributed by atoms with Crippen molar-refractivity contribution < 1.29 is 4.79 Å². The van der Waals surface area contributed by atoms with Crippen LogP contribution < -0.4 is 5.32 Å². The lowest BCUT2D eigenvalue weighted by molar-refractivity contribution is -0.146. The Hall–Kier alpha value is -0.280. The van der Waals surface area contributed by atoms with Crippen LogP contribution in [0.2, 0.25) is 0 Å². The predicted octanol–water partition coefficient (Wildman–Crippen LogP) is 3.62. The van der Waals surface area contributed by atoms with Crippen LogP contribution in [-0.2, 0) is 4.79 Å². The lowest BCUT2D eigenvalue weighted by Gasteiger charge is -2.55. The maximum absolute atomic E-state index is 12.8. The Kier molecular flexibility index (Phi) is 5.57. The number of likely N-dealkylation sites (tertiary alicyclic amines) is 1. The number of unbranched alkanes of at least 4 members (excludes halogenated alkanes) is 1. The maximum atomic E-state index is 12.8. The van der Waals surface area contributed by atoms with Gasteiger partial charge >= 0.3 is 0 Å². The Morgan fingerprint density at radius 2 is 1.52 bits per heavy atom. The Bertz CT molecular complexity index is 384. The van der Waals surface area contributed by atoms with Gasteiger partial charge in [0.15, 0.2) is 0 Å². The Morgan fingerprint density at radius 1 is 0.957 bits per heavy atom. The van der Waals surface area contributed by atoms with Gasteiger partial charge in [-0.05, 0) is 102 Å². The first-order valence-corrected chi connectivity index (χ1v) is 9.74. The third kappa shape index (κ3) is 3.71. The molecule has 1 saturated heterocycles. The molecule has 5 rings (SSSR count). The SMILES string of the molecule is Cl.O=C(NCCCCN1CCCC1)C12CC3CC(CC(C3)C1)C2. The molecule has 4 heteroatoms. The Balaban J connectivity index is 0.00000156. The van der Waals surface area contributed by atoms with Gasteiger partial charge in [0, 0.05) is 12.0 Å². The van der Waals surface area contributed by atoms with E-state index in [1.807, 2.05) is 0 Å². The van der Waals surface area contributed by atoms with Crippen molar-refractivity contribution in [2.45, 2.75) is 64.2 Å². The first-order chi connectivity index (χ1) is 10.7. The summed E-state index contributed by atoms with van der Waals surface area (Å²) in [6.45, 7) is 4.71. The zero-order valence-corrected chi connectivity index (χ0v) is 15.2. The van der Waals surface area contributed by atoms with Crippen molar-refractivity contribution in [3.05, 3.63) is 0 Å². The molecule has 4 aliphatic carbocycles. The van der Waals surface area contributed by atoms with E-state index in [1.54, 1.807) is 0 Å². The molecule has 0 aromatic rings. The van der Waals surface area contributed by atoms with Crippen LogP contribution in [0.3, 0.4) is 0 Å². The maximum Gasteiger partial charge on any atom is 0.226 e. The van der Waals surface area contributed by atoms with Gasteiger partial charge < -0.3 is 10.2 Å². The standard InChI is InChI=1S/C19H32N2O.ClH/c22-18(20-5-1-2-6-21-7-3-4-8-21)19-12-15-9-16(13-19)11-17(10-15)14-19;/h15-17H,1-14H2,(H,20,22);1H. The molecule has 4 bridgehead atoms. The van der Waals surface area contributed by atoms with Gasteiger partial charge in [-0.25, -0.2) is 0 Å². The number of carbonyl (C=O) groups excluding carboxylic acids is 1. The van der Waals surface area contributed by atoms with Crippen LogP contribution in [0.15, 0.2) is 0 Å². The van der Waals surface area contributed by atoms with Crippen molar-refractivity contribution >= 4 is 18.3 Å². The second-order valence-corrected chi connectivity index (χ2v) is 8.71. The van der Waals surface area contributed by atoms with Crippen molar-refractivity contribution in [3.8, 4) is 0 Å². The number of carbonyl (C=O) groups is 1. The first-order valence-electron chi connectivity index (χ1n) is 9.74. The van der Waals surface area contributed by atoms with E-state index in [1.165, 1.54) is 77.4 Å². The summed E-state index contributed by atoms with van der Waals surface area (Å²) in [4.78, 5) is 15.4. The Morgan fingerprint density at radius 3 is 2.09 bits per heavy atom. The number of rotatable bonds is 6. The molecule has 132 valence electrons. The van der Waals surface area contributed by atoms with Crippen molar-refractivity contribution in [2.24, 2.45) is 23.2 Å². The van der Waals surface area contributed by atoms with Crippen LogP contribution in [0, 0.1) is 23.2 Å². The van der Waals surface area contributed by atoms with E-state index in [0.717, 1.165) is 30.7 Å². The molecular weight excluding hydrogens is 308 g/mol. The average Bonchev–Trinajstić information content (AvgIpc) is 2.98. The third-order valence-corrected chi connectivity index (χ3v) is 6.91. The number of hydrogen-bond donors (Lipinski definition) is 1. The van der Waals surface area contributed by atoms with E-state index in [9.17, 15) is 4.79 Å². The quantitative estimate of drug-likeness (QED) is 0.749. The van der Waals surface area contributed by atoms with Crippen LogP contribution in [0.5, 0.6) is 0 Å². The first kappa shape index (κ1) is 17.5. The van der Waals surface area contributed by atoms with E-state index < -0.39 is 0 Å². The summed E-state index contributed by atoms with van der Waals surface area (Å²) in [7, 11) is 0. The molecule has 0 aromatic heterocycles. The molecule has 1 amide bonds. The smallest absolute Gasteiger partial charge is 0.226 e. The van der Waals surface area contributed by atoms with Gasteiger partial charge in [-0.3, -0.25) is 4.79 Å². The molecule has 0 radical (unpaired) electrons. The summed E-state index contributed by atoms with van der Waals surface area (Å²) in [6.07, 6.45) is 13.0. The molecule has 1 heterocycles. The number of nitrogens with zero attached hydrogens (tertiary/aromatic N) is 1. The zero-order chi connectivity index (χ0) is 15.0. The topological polar surface area (TPSA) is 32.3 Å². The van der Waals surface area contributed by atoms with Gasteiger partial charge in [0.2, 0.25) is 5.91 Å². The summed E-state index contributed by atoms with van der Waals surface area (Å²) in [5.41, 5.74) is 0.0453. The van der Waals surface area contributed by atoms with Gasteiger partial charge in [0.1, 0.15) is 0 Å². The highest BCUT2D eigenvalue weighted by Crippen LogP contribution is 2.60. The van der Waals surface area contributed by atoms with Gasteiger partial charge in [-0.2, -0.15) is 0 Å². The van der Waals surface area contributed by atoms with Crippen LogP contribution in [0.25, 0.3) is 0 Å². The molecule has 4 saturated carbocycles. The molecule has 0 spiro atoms. The van der Waals surface area contributed by atoms with Crippen LogP contribution >= 0.6 is 12.4 Å². The second-order valence-electron chi connectivity index (χ2n) is 8.71. The lowest BCUT2D eigenvalue weighted by Crippen LogP contribution is -2.53. The molecular formula is C19H33ClN2O. The highest BCUT2D eigenvalue weighted by molar-refractivity contribution is 5.85. The van der Waals surface area contributed by atoms with Crippen LogP contribution in [0.1, 0.15) is 64.2 Å². The highest BCUT2D eigenvalue weighted by atomic mass is 35.5. The van der Waals surface area contributed by atoms with Gasteiger partial charge in [0.25, 0.3) is 0 Å². The number of halogens is 1. The normalized spacial score (nSPS) is 38.5. The van der Waals surface area contributed by atoms with Crippen molar-refractivity contribution in [3.63, 3.8) is 0 Å². The van der Waals surface area contributed by atoms with Crippen LogP contribution in [0.4, 0.5) is 0 Å². The van der Waals surface area contributed by atoms with Gasteiger partial charge in [0.05, 0.1) is 0 Å². The third-order valence-electron chi connectivity index (χ3n) is 6.91.